The fourth-order valence-corrected chi connectivity index (χ4v) is 9.09. The van der Waals surface area contributed by atoms with Gasteiger partial charge in [-0.1, -0.05) is 30.5 Å². The molecule has 0 radical (unpaired) electrons. The average Bonchev–Trinajstić information content (AvgIpc) is 2.97. The number of piperazine rings is 1. The lowest BCUT2D eigenvalue weighted by atomic mass is 9.71. The van der Waals surface area contributed by atoms with E-state index in [1.807, 2.05) is 9.80 Å². The summed E-state index contributed by atoms with van der Waals surface area (Å²) >= 11 is 6.03. The van der Waals surface area contributed by atoms with Gasteiger partial charge in [0.15, 0.2) is 0 Å². The molecule has 4 saturated heterocycles. The molecule has 220 valence electrons. The number of carbonyl (C=O) groups excluding carboxylic acids is 2. The molecule has 1 spiro atoms. The highest BCUT2D eigenvalue weighted by atomic mass is 35.5. The molecular formula is C28H41ClN6O4S. The van der Waals surface area contributed by atoms with Gasteiger partial charge < -0.3 is 15.1 Å². The first-order chi connectivity index (χ1) is 19.2. The third kappa shape index (κ3) is 5.60. The van der Waals surface area contributed by atoms with Crippen LogP contribution in [0, 0.1) is 11.3 Å². The maximum atomic E-state index is 13.4. The summed E-state index contributed by atoms with van der Waals surface area (Å²) < 4.78 is 27.8. The van der Waals surface area contributed by atoms with Gasteiger partial charge in [-0.3, -0.25) is 15.0 Å². The topological polar surface area (TPSA) is 105 Å². The predicted molar refractivity (Wildman–Crippen MR) is 152 cm³/mol. The summed E-state index contributed by atoms with van der Waals surface area (Å²) in [5.41, 5.74) is 0.0949. The Balaban J connectivity index is 0.967. The number of fused-ring (bicyclic) bond motifs is 1. The van der Waals surface area contributed by atoms with Crippen molar-refractivity contribution in [3.63, 3.8) is 0 Å². The van der Waals surface area contributed by atoms with Crippen molar-refractivity contribution in [2.24, 2.45) is 11.3 Å². The van der Waals surface area contributed by atoms with Crippen LogP contribution < -0.4 is 10.6 Å². The van der Waals surface area contributed by atoms with Gasteiger partial charge in [-0.2, -0.15) is 4.31 Å². The number of hydrogen-bond acceptors (Lipinski definition) is 6. The Morgan fingerprint density at radius 1 is 0.900 bits per heavy atom. The van der Waals surface area contributed by atoms with E-state index in [-0.39, 0.29) is 40.5 Å². The van der Waals surface area contributed by atoms with E-state index in [2.05, 4.69) is 15.5 Å². The van der Waals surface area contributed by atoms with Crippen LogP contribution in [0.1, 0.15) is 51.4 Å². The fourth-order valence-electron chi connectivity index (χ4n) is 7.35. The van der Waals surface area contributed by atoms with Gasteiger partial charge in [-0.15, -0.1) is 0 Å². The highest BCUT2D eigenvalue weighted by molar-refractivity contribution is 7.89. The van der Waals surface area contributed by atoms with E-state index in [0.717, 1.165) is 58.0 Å². The van der Waals surface area contributed by atoms with Crippen LogP contribution in [0.2, 0.25) is 5.02 Å². The molecule has 3 unspecified atom stereocenters. The largest absolute Gasteiger partial charge is 0.328 e. The number of piperidine rings is 2. The molecule has 0 bridgehead atoms. The molecule has 40 heavy (non-hydrogen) atoms. The second-order valence-electron chi connectivity index (χ2n) is 12.2. The van der Waals surface area contributed by atoms with Crippen LogP contribution in [0.3, 0.4) is 0 Å². The van der Waals surface area contributed by atoms with Gasteiger partial charge in [0.05, 0.1) is 10.8 Å². The van der Waals surface area contributed by atoms with Crippen LogP contribution >= 0.6 is 11.6 Å². The number of amides is 3. The smallest absolute Gasteiger partial charge is 0.320 e. The Hall–Kier alpha value is -1.92. The van der Waals surface area contributed by atoms with E-state index in [9.17, 15) is 18.0 Å². The SMILES string of the molecule is O=C1NC(N2CCN(C(=O)N3CCC4(CC3)CCN(S(=O)(=O)c3cccc(Cl)c3)CC4)CC2)NC2CCCCC12. The molecule has 6 rings (SSSR count). The van der Waals surface area contributed by atoms with E-state index in [1.54, 1.807) is 22.5 Å². The predicted octanol–water partition coefficient (Wildman–Crippen LogP) is 2.51. The summed E-state index contributed by atoms with van der Waals surface area (Å²) in [5.74, 6) is 0.261. The number of sulfonamides is 1. The Kier molecular flexibility index (Phi) is 8.04. The molecule has 10 nitrogen and oxygen atoms in total. The second kappa shape index (κ2) is 11.4. The summed E-state index contributed by atoms with van der Waals surface area (Å²) in [7, 11) is -3.55. The first kappa shape index (κ1) is 28.2. The quantitative estimate of drug-likeness (QED) is 0.559. The van der Waals surface area contributed by atoms with Gasteiger partial charge in [-0.05, 0) is 62.1 Å². The van der Waals surface area contributed by atoms with Crippen molar-refractivity contribution in [1.82, 2.24) is 29.6 Å². The number of nitrogens with one attached hydrogen (secondary N) is 2. The van der Waals surface area contributed by atoms with E-state index in [4.69, 9.17) is 11.6 Å². The minimum atomic E-state index is -3.55. The summed E-state index contributed by atoms with van der Waals surface area (Å²) in [5, 5.41) is 7.24. The first-order valence-electron chi connectivity index (χ1n) is 14.8. The number of carbonyl (C=O) groups is 2. The van der Waals surface area contributed by atoms with Crippen LogP contribution in [0.25, 0.3) is 0 Å². The molecule has 1 aliphatic carbocycles. The molecule has 12 heteroatoms. The molecule has 4 aliphatic heterocycles. The zero-order chi connectivity index (χ0) is 27.9. The third-order valence-electron chi connectivity index (χ3n) is 10.0. The van der Waals surface area contributed by atoms with Crippen molar-refractivity contribution < 1.29 is 18.0 Å². The minimum Gasteiger partial charge on any atom is -0.328 e. The van der Waals surface area contributed by atoms with E-state index >= 15 is 0 Å². The van der Waals surface area contributed by atoms with Gasteiger partial charge in [0.25, 0.3) is 0 Å². The monoisotopic (exact) mass is 592 g/mol. The van der Waals surface area contributed by atoms with Crippen molar-refractivity contribution in [2.75, 3.05) is 52.4 Å². The fraction of sp³-hybridized carbons (Fsp3) is 0.714. The maximum absolute atomic E-state index is 13.4. The molecule has 5 aliphatic rings. The van der Waals surface area contributed by atoms with Crippen molar-refractivity contribution in [3.8, 4) is 0 Å². The number of benzene rings is 1. The number of hydrogen-bond donors (Lipinski definition) is 2. The second-order valence-corrected chi connectivity index (χ2v) is 14.6. The molecular weight excluding hydrogens is 552 g/mol. The highest BCUT2D eigenvalue weighted by Crippen LogP contribution is 2.42. The van der Waals surface area contributed by atoms with Crippen molar-refractivity contribution in [3.05, 3.63) is 29.3 Å². The van der Waals surface area contributed by atoms with Crippen molar-refractivity contribution >= 4 is 33.6 Å². The summed E-state index contributed by atoms with van der Waals surface area (Å²) in [6.45, 7) is 5.19. The summed E-state index contributed by atoms with van der Waals surface area (Å²) in [6, 6.07) is 6.82. The standard InChI is InChI=1S/C28H41ClN6O4S/c29-21-4-3-5-22(20-21)40(38,39)35-14-10-28(11-15-35)8-12-33(13-9-28)27(37)34-18-16-32(17-19-34)26-30-24-7-2-1-6-23(24)25(36)31-26/h3-5,20,23-24,26,30H,1-2,6-19H2,(H,31,36). The number of nitrogens with zero attached hydrogens (tertiary/aromatic N) is 4. The van der Waals surface area contributed by atoms with Crippen molar-refractivity contribution in [2.45, 2.75) is 68.6 Å². The van der Waals surface area contributed by atoms with E-state index in [1.165, 1.54) is 12.5 Å². The van der Waals surface area contributed by atoms with Crippen LogP contribution in [0.15, 0.2) is 29.2 Å². The number of urea groups is 1. The van der Waals surface area contributed by atoms with Gasteiger partial charge >= 0.3 is 6.03 Å². The van der Waals surface area contributed by atoms with E-state index < -0.39 is 10.0 Å². The zero-order valence-electron chi connectivity index (χ0n) is 23.1. The zero-order valence-corrected chi connectivity index (χ0v) is 24.6. The summed E-state index contributed by atoms with van der Waals surface area (Å²) in [6.07, 6.45) is 7.62. The molecule has 1 aromatic carbocycles. The van der Waals surface area contributed by atoms with Crippen LogP contribution in [0.5, 0.6) is 0 Å². The number of rotatable bonds is 3. The van der Waals surface area contributed by atoms with E-state index in [0.29, 0.717) is 44.3 Å². The van der Waals surface area contributed by atoms with Crippen LogP contribution in [-0.2, 0) is 14.8 Å². The third-order valence-corrected chi connectivity index (χ3v) is 12.1. The average molecular weight is 593 g/mol. The first-order valence-corrected chi connectivity index (χ1v) is 16.7. The van der Waals surface area contributed by atoms with Gasteiger partial charge in [0.1, 0.15) is 6.29 Å². The molecule has 3 amide bonds. The molecule has 1 aromatic rings. The molecule has 3 atom stereocenters. The van der Waals surface area contributed by atoms with Gasteiger partial charge in [0.2, 0.25) is 15.9 Å². The minimum absolute atomic E-state index is 0.0925. The van der Waals surface area contributed by atoms with Crippen LogP contribution in [0.4, 0.5) is 4.79 Å². The van der Waals surface area contributed by atoms with Gasteiger partial charge in [-0.25, -0.2) is 13.2 Å². The van der Waals surface area contributed by atoms with Gasteiger partial charge in [0, 0.05) is 63.4 Å². The Bertz CT molecular complexity index is 1200. The normalized spacial score (nSPS) is 30.1. The Morgan fingerprint density at radius 2 is 1.55 bits per heavy atom. The Morgan fingerprint density at radius 3 is 2.25 bits per heavy atom. The Labute approximate surface area is 242 Å². The molecule has 0 aromatic heterocycles. The molecule has 1 saturated carbocycles. The summed E-state index contributed by atoms with van der Waals surface area (Å²) in [4.78, 5) is 32.4. The van der Waals surface area contributed by atoms with Crippen LogP contribution in [-0.4, -0.2) is 104 Å². The number of likely N-dealkylation sites (tertiary alicyclic amines) is 1. The lowest BCUT2D eigenvalue weighted by Gasteiger charge is -2.48. The lowest BCUT2D eigenvalue weighted by Crippen LogP contribution is -2.70. The molecule has 5 fully saturated rings. The lowest BCUT2D eigenvalue weighted by molar-refractivity contribution is -0.134. The number of halogens is 1. The molecule has 2 N–H and O–H groups in total. The van der Waals surface area contributed by atoms with Crippen molar-refractivity contribution in [1.29, 1.82) is 0 Å². The highest BCUT2D eigenvalue weighted by Gasteiger charge is 2.43. The maximum Gasteiger partial charge on any atom is 0.320 e. The molecule has 4 heterocycles.